The summed E-state index contributed by atoms with van der Waals surface area (Å²) in [6.07, 6.45) is 1.34. The van der Waals surface area contributed by atoms with Crippen LogP contribution in [0.15, 0.2) is 28.2 Å². The van der Waals surface area contributed by atoms with Gasteiger partial charge in [-0.2, -0.15) is 0 Å². The van der Waals surface area contributed by atoms with Crippen molar-refractivity contribution in [1.29, 1.82) is 0 Å². The summed E-state index contributed by atoms with van der Waals surface area (Å²) in [6, 6.07) is 1.31. The maximum atomic E-state index is 11.4. The second kappa shape index (κ2) is 4.99. The molecule has 0 unspecified atom stereocenters. The Morgan fingerprint density at radius 2 is 2.25 bits per heavy atom. The van der Waals surface area contributed by atoms with Crippen LogP contribution in [0.1, 0.15) is 23.0 Å². The average molecular weight is 242 g/mol. The van der Waals surface area contributed by atoms with E-state index in [1.165, 1.54) is 17.8 Å². The summed E-state index contributed by atoms with van der Waals surface area (Å²) in [5.41, 5.74) is 2.30. The van der Waals surface area contributed by atoms with Gasteiger partial charge in [-0.3, -0.25) is 4.79 Å². The number of carbonyl (C=O) groups is 1. The summed E-state index contributed by atoms with van der Waals surface area (Å²) >= 11 is 5.53. The quantitative estimate of drug-likeness (QED) is 0.881. The van der Waals surface area contributed by atoms with E-state index in [0.29, 0.717) is 12.2 Å². The third kappa shape index (κ3) is 2.73. The molecule has 0 aliphatic rings. The molecule has 1 rings (SSSR count). The highest BCUT2D eigenvalue weighted by atomic mass is 35.5. The fourth-order valence-electron chi connectivity index (χ4n) is 1.31. The van der Waals surface area contributed by atoms with Gasteiger partial charge < -0.3 is 9.67 Å². The Hall–Kier alpha value is -1.55. The summed E-state index contributed by atoms with van der Waals surface area (Å²) in [7, 11) is 0. The molecule has 1 aromatic rings. The van der Waals surface area contributed by atoms with E-state index < -0.39 is 11.4 Å². The maximum absolute atomic E-state index is 11.4. The fraction of sp³-hybridized carbons (Fsp3) is 0.273. The van der Waals surface area contributed by atoms with Crippen LogP contribution >= 0.6 is 11.6 Å². The van der Waals surface area contributed by atoms with Crippen LogP contribution in [0.5, 0.6) is 0 Å². The number of halogens is 1. The van der Waals surface area contributed by atoms with Crippen LogP contribution in [0, 0.1) is 6.92 Å². The van der Waals surface area contributed by atoms with Crippen LogP contribution in [0.2, 0.25) is 0 Å². The lowest BCUT2D eigenvalue weighted by Gasteiger charge is -2.11. The number of carboxylic acid groups (broad SMARTS) is 1. The molecule has 0 amide bonds. The van der Waals surface area contributed by atoms with Gasteiger partial charge in [0, 0.05) is 30.0 Å². The largest absolute Gasteiger partial charge is 0.477 e. The molecule has 16 heavy (non-hydrogen) atoms. The van der Waals surface area contributed by atoms with Crippen molar-refractivity contribution < 1.29 is 9.90 Å². The molecule has 0 saturated carbocycles. The van der Waals surface area contributed by atoms with Gasteiger partial charge in [0.05, 0.1) is 0 Å². The van der Waals surface area contributed by atoms with Gasteiger partial charge in [0.1, 0.15) is 5.56 Å². The zero-order valence-corrected chi connectivity index (χ0v) is 9.78. The molecule has 0 spiro atoms. The van der Waals surface area contributed by atoms with Crippen LogP contribution in [-0.2, 0) is 6.54 Å². The summed E-state index contributed by atoms with van der Waals surface area (Å²) in [6.45, 7) is 4.04. The number of nitrogens with zero attached hydrogens (tertiary/aromatic N) is 1. The minimum Gasteiger partial charge on any atom is -0.477 e. The summed E-state index contributed by atoms with van der Waals surface area (Å²) in [4.78, 5) is 22.1. The Morgan fingerprint density at radius 1 is 1.62 bits per heavy atom. The highest BCUT2D eigenvalue weighted by Gasteiger charge is 2.10. The molecule has 0 bridgehead atoms. The van der Waals surface area contributed by atoms with Gasteiger partial charge >= 0.3 is 5.97 Å². The number of hydrogen-bond acceptors (Lipinski definition) is 2. The Kier molecular flexibility index (Phi) is 3.90. The number of hydrogen-bond donors (Lipinski definition) is 1. The van der Waals surface area contributed by atoms with Crippen molar-refractivity contribution in [3.05, 3.63) is 44.9 Å². The van der Waals surface area contributed by atoms with Gasteiger partial charge in [0.15, 0.2) is 5.43 Å². The van der Waals surface area contributed by atoms with Gasteiger partial charge in [-0.1, -0.05) is 11.6 Å². The van der Waals surface area contributed by atoms with Crippen molar-refractivity contribution in [2.24, 2.45) is 0 Å². The predicted molar refractivity (Wildman–Crippen MR) is 62.0 cm³/mol. The number of pyridine rings is 1. The van der Waals surface area contributed by atoms with Gasteiger partial charge in [-0.15, -0.1) is 0 Å². The zero-order chi connectivity index (χ0) is 12.3. The van der Waals surface area contributed by atoms with Crippen molar-refractivity contribution >= 4 is 17.6 Å². The van der Waals surface area contributed by atoms with Crippen molar-refractivity contribution in [1.82, 2.24) is 4.57 Å². The van der Waals surface area contributed by atoms with Crippen LogP contribution < -0.4 is 5.43 Å². The first-order valence-corrected chi connectivity index (χ1v) is 5.09. The molecule has 0 fully saturated rings. The van der Waals surface area contributed by atoms with Gasteiger partial charge in [0.2, 0.25) is 0 Å². The number of carboxylic acids is 1. The lowest BCUT2D eigenvalue weighted by Crippen LogP contribution is -2.19. The van der Waals surface area contributed by atoms with E-state index in [1.54, 1.807) is 11.5 Å². The smallest absolute Gasteiger partial charge is 0.341 e. The van der Waals surface area contributed by atoms with Crippen molar-refractivity contribution in [3.8, 4) is 0 Å². The topological polar surface area (TPSA) is 59.3 Å². The molecule has 0 atom stereocenters. The first-order chi connectivity index (χ1) is 7.45. The molecule has 1 heterocycles. The minimum atomic E-state index is -1.22. The summed E-state index contributed by atoms with van der Waals surface area (Å²) in [5.74, 6) is -1.22. The highest BCUT2D eigenvalue weighted by molar-refractivity contribution is 6.25. The first-order valence-electron chi connectivity index (χ1n) is 4.66. The molecule has 0 aromatic carbocycles. The van der Waals surface area contributed by atoms with E-state index >= 15 is 0 Å². The molecule has 0 saturated heterocycles. The lowest BCUT2D eigenvalue weighted by molar-refractivity contribution is 0.0694. The average Bonchev–Trinajstić information content (AvgIpc) is 2.21. The van der Waals surface area contributed by atoms with E-state index in [1.807, 2.05) is 6.92 Å². The Labute approximate surface area is 97.8 Å². The Morgan fingerprint density at radius 3 is 2.75 bits per heavy atom. The summed E-state index contributed by atoms with van der Waals surface area (Å²) < 4.78 is 1.68. The molecule has 86 valence electrons. The third-order valence-corrected chi connectivity index (χ3v) is 2.55. The Bertz CT molecular complexity index is 502. The number of rotatable bonds is 3. The highest BCUT2D eigenvalue weighted by Crippen LogP contribution is 2.05. The van der Waals surface area contributed by atoms with E-state index in [9.17, 15) is 9.59 Å². The zero-order valence-electron chi connectivity index (χ0n) is 9.03. The van der Waals surface area contributed by atoms with E-state index in [2.05, 4.69) is 0 Å². The standard InChI is InChI=1S/C11H12ClNO3/c1-7(4-12)5-13-6-9(11(15)16)10(14)3-8(13)2/h3-4,6H,5H2,1-2H3,(H,15,16)/b7-4-. The second-order valence-electron chi connectivity index (χ2n) is 3.58. The number of aryl methyl sites for hydroxylation is 1. The van der Waals surface area contributed by atoms with Gasteiger partial charge in [-0.05, 0) is 19.4 Å². The second-order valence-corrected chi connectivity index (χ2v) is 3.80. The minimum absolute atomic E-state index is 0.229. The maximum Gasteiger partial charge on any atom is 0.341 e. The number of aromatic nitrogens is 1. The molecule has 0 radical (unpaired) electrons. The molecular weight excluding hydrogens is 230 g/mol. The van der Waals surface area contributed by atoms with E-state index in [0.717, 1.165) is 5.57 Å². The molecule has 5 heteroatoms. The molecular formula is C11H12ClNO3. The van der Waals surface area contributed by atoms with Crippen LogP contribution in [0.25, 0.3) is 0 Å². The van der Waals surface area contributed by atoms with Crippen molar-refractivity contribution in [3.63, 3.8) is 0 Å². The van der Waals surface area contributed by atoms with Crippen LogP contribution in [-0.4, -0.2) is 15.6 Å². The van der Waals surface area contributed by atoms with Gasteiger partial charge in [-0.25, -0.2) is 4.79 Å². The van der Waals surface area contributed by atoms with Crippen LogP contribution in [0.4, 0.5) is 0 Å². The molecule has 0 aliphatic carbocycles. The molecule has 1 N–H and O–H groups in total. The molecule has 4 nitrogen and oxygen atoms in total. The fourth-order valence-corrected chi connectivity index (χ4v) is 1.37. The first kappa shape index (κ1) is 12.5. The SMILES string of the molecule is C/C(=C/Cl)Cn1cc(C(=O)O)c(=O)cc1C. The Balaban J connectivity index is 3.25. The summed E-state index contributed by atoms with van der Waals surface area (Å²) in [5, 5.41) is 8.82. The third-order valence-electron chi connectivity index (χ3n) is 2.18. The molecule has 0 aliphatic heterocycles. The normalized spacial score (nSPS) is 11.6. The van der Waals surface area contributed by atoms with Crippen molar-refractivity contribution in [2.75, 3.05) is 0 Å². The van der Waals surface area contributed by atoms with Crippen LogP contribution in [0.3, 0.4) is 0 Å². The van der Waals surface area contributed by atoms with E-state index in [4.69, 9.17) is 16.7 Å². The van der Waals surface area contributed by atoms with Gasteiger partial charge in [0.25, 0.3) is 0 Å². The lowest BCUT2D eigenvalue weighted by atomic mass is 10.2. The predicted octanol–water partition coefficient (Wildman–Crippen LogP) is 2.00. The number of allylic oxidation sites excluding steroid dienone is 1. The monoisotopic (exact) mass is 241 g/mol. The molecule has 1 aromatic heterocycles. The van der Waals surface area contributed by atoms with E-state index in [-0.39, 0.29) is 5.56 Å². The number of aromatic carboxylic acids is 1. The van der Waals surface area contributed by atoms with Crippen molar-refractivity contribution in [2.45, 2.75) is 20.4 Å².